The van der Waals surface area contributed by atoms with E-state index in [1.165, 1.54) is 7.11 Å². The van der Waals surface area contributed by atoms with Crippen LogP contribution in [0.25, 0.3) is 0 Å². The van der Waals surface area contributed by atoms with Gasteiger partial charge in [0.2, 0.25) is 5.91 Å². The molecule has 1 aromatic heterocycles. The molecule has 210 valence electrons. The Morgan fingerprint density at radius 2 is 1.49 bits per heavy atom. The summed E-state index contributed by atoms with van der Waals surface area (Å²) in [6.07, 6.45) is 0.143. The molecule has 2 saturated heterocycles. The number of nitrogens with zero attached hydrogens (tertiary/aromatic N) is 5. The van der Waals surface area contributed by atoms with Crippen LogP contribution in [0.2, 0.25) is 0 Å². The molecule has 10 heteroatoms. The van der Waals surface area contributed by atoms with Crippen molar-refractivity contribution in [2.75, 3.05) is 7.11 Å². The number of nitrogens with one attached hydrogen (secondary N) is 1. The Morgan fingerprint density at radius 3 is 2.00 bits per heavy atom. The van der Waals surface area contributed by atoms with Crippen molar-refractivity contribution in [2.45, 2.75) is 54.6 Å². The standard InChI is InChI=1S/C31H32N6O3S/c1-30(2)26(27-33-34-35-36(27)20-19-24(38)40-3)37-28(39)25(29(37)41-30)32-31(21-13-7-4-8-14-21,22-15-9-5-10-16-22)23-17-11-6-12-18-23/h4-18,25-26,29,32H,19-20H2,1-3H3. The summed E-state index contributed by atoms with van der Waals surface area (Å²) < 4.78 is 6.04. The molecule has 0 aliphatic carbocycles. The van der Waals surface area contributed by atoms with Gasteiger partial charge in [0.15, 0.2) is 5.82 Å². The van der Waals surface area contributed by atoms with Gasteiger partial charge in [0.25, 0.3) is 0 Å². The second-order valence-electron chi connectivity index (χ2n) is 10.8. The predicted octanol–water partition coefficient (Wildman–Crippen LogP) is 3.92. The molecule has 2 aliphatic heterocycles. The van der Waals surface area contributed by atoms with E-state index in [0.29, 0.717) is 5.82 Å². The van der Waals surface area contributed by atoms with Gasteiger partial charge in [-0.25, -0.2) is 4.68 Å². The predicted molar refractivity (Wildman–Crippen MR) is 156 cm³/mol. The molecule has 3 aromatic carbocycles. The Morgan fingerprint density at radius 1 is 0.951 bits per heavy atom. The van der Waals surface area contributed by atoms with E-state index in [9.17, 15) is 9.59 Å². The lowest BCUT2D eigenvalue weighted by Gasteiger charge is -2.49. The van der Waals surface area contributed by atoms with E-state index in [-0.39, 0.29) is 41.0 Å². The first kappa shape index (κ1) is 27.2. The summed E-state index contributed by atoms with van der Waals surface area (Å²) >= 11 is 1.74. The Balaban J connectivity index is 1.38. The number of hydrogen-bond donors (Lipinski definition) is 1. The van der Waals surface area contributed by atoms with Crippen molar-refractivity contribution in [3.8, 4) is 0 Å². The van der Waals surface area contributed by atoms with E-state index in [1.807, 2.05) is 59.5 Å². The van der Waals surface area contributed by atoms with Crippen molar-refractivity contribution in [1.82, 2.24) is 30.4 Å². The van der Waals surface area contributed by atoms with Gasteiger partial charge < -0.3 is 9.64 Å². The molecule has 2 aliphatic rings. The number of hydrogen-bond acceptors (Lipinski definition) is 8. The van der Waals surface area contributed by atoms with Gasteiger partial charge in [-0.2, -0.15) is 0 Å². The molecule has 3 atom stereocenters. The fraction of sp³-hybridized carbons (Fsp3) is 0.323. The smallest absolute Gasteiger partial charge is 0.307 e. The molecular weight excluding hydrogens is 536 g/mol. The van der Waals surface area contributed by atoms with E-state index < -0.39 is 11.6 Å². The van der Waals surface area contributed by atoms with Crippen LogP contribution >= 0.6 is 11.8 Å². The van der Waals surface area contributed by atoms with Crippen LogP contribution in [0.5, 0.6) is 0 Å². The molecule has 0 spiro atoms. The number of benzene rings is 3. The van der Waals surface area contributed by atoms with Crippen molar-refractivity contribution < 1.29 is 14.3 Å². The number of aryl methyl sites for hydroxylation is 1. The normalized spacial score (nSPS) is 21.3. The largest absolute Gasteiger partial charge is 0.469 e. The maximum absolute atomic E-state index is 14.1. The molecule has 1 amide bonds. The molecule has 6 rings (SSSR count). The number of aromatic nitrogens is 4. The van der Waals surface area contributed by atoms with Crippen LogP contribution in [-0.4, -0.2) is 60.3 Å². The zero-order chi connectivity index (χ0) is 28.6. The molecule has 4 aromatic rings. The number of esters is 1. The molecule has 41 heavy (non-hydrogen) atoms. The number of rotatable bonds is 9. The summed E-state index contributed by atoms with van der Waals surface area (Å²) in [5.41, 5.74) is 2.39. The van der Waals surface area contributed by atoms with Crippen molar-refractivity contribution >= 4 is 23.6 Å². The summed E-state index contributed by atoms with van der Waals surface area (Å²) in [5, 5.41) is 16.1. The fourth-order valence-corrected chi connectivity index (χ4v) is 7.71. The van der Waals surface area contributed by atoms with Crippen molar-refractivity contribution in [2.24, 2.45) is 0 Å². The third-order valence-electron chi connectivity index (χ3n) is 7.99. The summed E-state index contributed by atoms with van der Waals surface area (Å²) in [6.45, 7) is 4.51. The van der Waals surface area contributed by atoms with Crippen LogP contribution in [0.4, 0.5) is 0 Å². The lowest BCUT2D eigenvalue weighted by molar-refractivity contribution is -0.150. The number of β-lactam (4-membered cyclic amide) rings is 1. The van der Waals surface area contributed by atoms with E-state index in [0.717, 1.165) is 16.7 Å². The van der Waals surface area contributed by atoms with Gasteiger partial charge in [-0.05, 0) is 41.0 Å². The molecule has 2 fully saturated rings. The third-order valence-corrected chi connectivity index (χ3v) is 9.56. The fourth-order valence-electron chi connectivity index (χ4n) is 6.08. The second-order valence-corrected chi connectivity index (χ2v) is 12.6. The Hall–Kier alpha value is -4.02. The highest BCUT2D eigenvalue weighted by atomic mass is 32.2. The first-order valence-corrected chi connectivity index (χ1v) is 14.5. The van der Waals surface area contributed by atoms with Gasteiger partial charge >= 0.3 is 5.97 Å². The number of carbonyl (C=O) groups is 2. The Bertz CT molecular complexity index is 1430. The highest BCUT2D eigenvalue weighted by Crippen LogP contribution is 2.57. The molecule has 1 N–H and O–H groups in total. The van der Waals surface area contributed by atoms with Gasteiger partial charge in [-0.3, -0.25) is 14.9 Å². The van der Waals surface area contributed by atoms with Crippen LogP contribution in [0.3, 0.4) is 0 Å². The summed E-state index contributed by atoms with van der Waals surface area (Å²) in [7, 11) is 1.36. The lowest BCUT2D eigenvalue weighted by atomic mass is 9.76. The summed E-state index contributed by atoms with van der Waals surface area (Å²) in [4.78, 5) is 27.8. The zero-order valence-electron chi connectivity index (χ0n) is 23.2. The SMILES string of the molecule is COC(=O)CCn1nnnc1C1N2C(=O)C(NC(c3ccccc3)(c3ccccc3)c3ccccc3)C2SC1(C)C. The maximum Gasteiger partial charge on any atom is 0.307 e. The average molecular weight is 569 g/mol. The van der Waals surface area contributed by atoms with Crippen molar-refractivity contribution in [3.05, 3.63) is 114 Å². The number of methoxy groups -OCH3 is 1. The minimum Gasteiger partial charge on any atom is -0.469 e. The number of fused-ring (bicyclic) bond motifs is 1. The molecule has 0 saturated carbocycles. The van der Waals surface area contributed by atoms with Gasteiger partial charge in [0.1, 0.15) is 17.5 Å². The topological polar surface area (TPSA) is 102 Å². The Kier molecular flexibility index (Phi) is 7.13. The molecule has 0 radical (unpaired) electrons. The highest BCUT2D eigenvalue weighted by molar-refractivity contribution is 8.01. The zero-order valence-corrected chi connectivity index (χ0v) is 24.0. The van der Waals surface area contributed by atoms with Crippen molar-refractivity contribution in [1.29, 1.82) is 0 Å². The van der Waals surface area contributed by atoms with E-state index in [1.54, 1.807) is 16.4 Å². The van der Waals surface area contributed by atoms with Crippen molar-refractivity contribution in [3.63, 3.8) is 0 Å². The van der Waals surface area contributed by atoms with Crippen LogP contribution in [0.1, 0.15) is 48.8 Å². The number of thioether (sulfide) groups is 1. The summed E-state index contributed by atoms with van der Waals surface area (Å²) in [5.74, 6) is 0.224. The molecule has 3 heterocycles. The number of amides is 1. The third kappa shape index (κ3) is 4.61. The van der Waals surface area contributed by atoms with Crippen LogP contribution in [0.15, 0.2) is 91.0 Å². The van der Waals surface area contributed by atoms with E-state index in [2.05, 4.69) is 71.1 Å². The minimum atomic E-state index is -0.763. The summed E-state index contributed by atoms with van der Waals surface area (Å²) in [6, 6.07) is 30.1. The monoisotopic (exact) mass is 568 g/mol. The number of carbonyl (C=O) groups excluding carboxylic acids is 2. The first-order chi connectivity index (χ1) is 19.9. The number of ether oxygens (including phenoxy) is 1. The van der Waals surface area contributed by atoms with Gasteiger partial charge in [-0.1, -0.05) is 91.0 Å². The Labute approximate surface area is 243 Å². The van der Waals surface area contributed by atoms with Crippen LogP contribution in [-0.2, 0) is 26.4 Å². The maximum atomic E-state index is 14.1. The quantitative estimate of drug-likeness (QED) is 0.184. The second kappa shape index (κ2) is 10.8. The van der Waals surface area contributed by atoms with E-state index in [4.69, 9.17) is 4.74 Å². The average Bonchev–Trinajstić information content (AvgIpc) is 3.57. The lowest BCUT2D eigenvalue weighted by Crippen LogP contribution is -2.70. The van der Waals surface area contributed by atoms with Gasteiger partial charge in [0.05, 0.1) is 25.6 Å². The minimum absolute atomic E-state index is 0.00670. The molecule has 9 nitrogen and oxygen atoms in total. The molecule has 3 unspecified atom stereocenters. The van der Waals surface area contributed by atoms with Gasteiger partial charge in [-0.15, -0.1) is 16.9 Å². The molecular formula is C31H32N6O3S. The van der Waals surface area contributed by atoms with Crippen LogP contribution in [0, 0.1) is 0 Å². The van der Waals surface area contributed by atoms with E-state index >= 15 is 0 Å². The van der Waals surface area contributed by atoms with Crippen LogP contribution < -0.4 is 5.32 Å². The number of tetrazole rings is 1. The highest BCUT2D eigenvalue weighted by Gasteiger charge is 2.64. The first-order valence-electron chi connectivity index (χ1n) is 13.6. The molecule has 0 bridgehead atoms. The van der Waals surface area contributed by atoms with Gasteiger partial charge in [0, 0.05) is 4.75 Å².